The quantitative estimate of drug-likeness (QED) is 0.856. The monoisotopic (exact) mass is 273 g/mol. The number of anilines is 1. The predicted octanol–water partition coefficient (Wildman–Crippen LogP) is 4.42. The third kappa shape index (κ3) is 3.08. The van der Waals surface area contributed by atoms with Gasteiger partial charge in [-0.1, -0.05) is 25.4 Å². The van der Waals surface area contributed by atoms with E-state index in [0.29, 0.717) is 6.04 Å². The molecular weight excluding hydrogens is 257 g/mol. The average Bonchev–Trinajstić information content (AvgIpc) is 2.26. The SMILES string of the molecule is CC1(C)CCSCC1Nc1ccc(Cl)c(F)c1. The van der Waals surface area contributed by atoms with Gasteiger partial charge in [0.2, 0.25) is 0 Å². The number of benzene rings is 1. The second-order valence-corrected chi connectivity index (χ2v) is 6.70. The first kappa shape index (κ1) is 13.0. The highest BCUT2D eigenvalue weighted by atomic mass is 35.5. The van der Waals surface area contributed by atoms with Crippen LogP contribution in [0.3, 0.4) is 0 Å². The van der Waals surface area contributed by atoms with E-state index >= 15 is 0 Å². The maximum absolute atomic E-state index is 13.3. The Hall–Kier alpha value is -0.410. The summed E-state index contributed by atoms with van der Waals surface area (Å²) in [7, 11) is 0. The van der Waals surface area contributed by atoms with E-state index in [9.17, 15) is 4.39 Å². The van der Waals surface area contributed by atoms with Gasteiger partial charge in [-0.3, -0.25) is 0 Å². The molecule has 94 valence electrons. The van der Waals surface area contributed by atoms with Crippen LogP contribution in [0.25, 0.3) is 0 Å². The van der Waals surface area contributed by atoms with Crippen LogP contribution in [0.2, 0.25) is 5.02 Å². The lowest BCUT2D eigenvalue weighted by atomic mass is 9.82. The van der Waals surface area contributed by atoms with Gasteiger partial charge in [0.05, 0.1) is 5.02 Å². The van der Waals surface area contributed by atoms with E-state index in [1.807, 2.05) is 17.8 Å². The van der Waals surface area contributed by atoms with E-state index in [-0.39, 0.29) is 16.3 Å². The standard InChI is InChI=1S/C13H17ClFNS/c1-13(2)5-6-17-8-12(13)16-9-3-4-10(14)11(15)7-9/h3-4,7,12,16H,5-6,8H2,1-2H3. The van der Waals surface area contributed by atoms with Crippen molar-refractivity contribution in [1.29, 1.82) is 0 Å². The number of thioether (sulfide) groups is 1. The molecule has 2 rings (SSSR count). The van der Waals surface area contributed by atoms with E-state index in [2.05, 4.69) is 19.2 Å². The summed E-state index contributed by atoms with van der Waals surface area (Å²) in [4.78, 5) is 0. The molecule has 1 aromatic rings. The van der Waals surface area contributed by atoms with E-state index < -0.39 is 0 Å². The van der Waals surface area contributed by atoms with E-state index in [1.54, 1.807) is 6.07 Å². The summed E-state index contributed by atoms with van der Waals surface area (Å²) in [5, 5.41) is 3.59. The number of nitrogens with one attached hydrogen (secondary N) is 1. The van der Waals surface area contributed by atoms with Gasteiger partial charge in [0.15, 0.2) is 0 Å². The summed E-state index contributed by atoms with van der Waals surface area (Å²) in [6.07, 6.45) is 1.19. The van der Waals surface area contributed by atoms with E-state index in [4.69, 9.17) is 11.6 Å². The maximum Gasteiger partial charge on any atom is 0.143 e. The van der Waals surface area contributed by atoms with E-state index in [1.165, 1.54) is 18.2 Å². The first-order chi connectivity index (χ1) is 7.99. The molecule has 1 aliphatic rings. The van der Waals surface area contributed by atoms with Crippen LogP contribution in [-0.2, 0) is 0 Å². The Morgan fingerprint density at radius 3 is 2.88 bits per heavy atom. The van der Waals surface area contributed by atoms with Gasteiger partial charge in [-0.25, -0.2) is 4.39 Å². The van der Waals surface area contributed by atoms with Crippen molar-refractivity contribution in [3.8, 4) is 0 Å². The summed E-state index contributed by atoms with van der Waals surface area (Å²) in [6, 6.07) is 5.28. The number of rotatable bonds is 2. The van der Waals surface area contributed by atoms with Crippen LogP contribution in [-0.4, -0.2) is 17.5 Å². The first-order valence-electron chi connectivity index (χ1n) is 5.78. The molecular formula is C13H17ClFNS. The molecule has 17 heavy (non-hydrogen) atoms. The number of halogens is 2. The summed E-state index contributed by atoms with van der Waals surface area (Å²) in [5.41, 5.74) is 1.06. The molecule has 0 aromatic heterocycles. The molecule has 1 atom stereocenters. The Morgan fingerprint density at radius 1 is 1.47 bits per heavy atom. The van der Waals surface area contributed by atoms with Crippen molar-refractivity contribution >= 4 is 29.1 Å². The zero-order valence-electron chi connectivity index (χ0n) is 10.1. The Morgan fingerprint density at radius 2 is 2.24 bits per heavy atom. The summed E-state index contributed by atoms with van der Waals surface area (Å²) in [6.45, 7) is 4.52. The molecule has 1 saturated heterocycles. The topological polar surface area (TPSA) is 12.0 Å². The van der Waals surface area contributed by atoms with Crippen LogP contribution >= 0.6 is 23.4 Å². The van der Waals surface area contributed by atoms with Crippen LogP contribution in [0.4, 0.5) is 10.1 Å². The van der Waals surface area contributed by atoms with Gasteiger partial charge in [-0.15, -0.1) is 0 Å². The van der Waals surface area contributed by atoms with Crippen LogP contribution in [0.1, 0.15) is 20.3 Å². The molecule has 0 bridgehead atoms. The molecule has 0 radical (unpaired) electrons. The largest absolute Gasteiger partial charge is 0.381 e. The van der Waals surface area contributed by atoms with Crippen LogP contribution in [0.5, 0.6) is 0 Å². The van der Waals surface area contributed by atoms with Crippen LogP contribution < -0.4 is 5.32 Å². The Bertz CT molecular complexity index is 408. The third-order valence-corrected chi connectivity index (χ3v) is 4.75. The normalized spacial score (nSPS) is 23.4. The zero-order chi connectivity index (χ0) is 12.5. The number of hydrogen-bond acceptors (Lipinski definition) is 2. The van der Waals surface area contributed by atoms with Crippen molar-refractivity contribution in [3.63, 3.8) is 0 Å². The molecule has 4 heteroatoms. The Kier molecular flexibility index (Phi) is 3.88. The molecule has 0 aliphatic carbocycles. The van der Waals surface area contributed by atoms with Gasteiger partial charge < -0.3 is 5.32 Å². The maximum atomic E-state index is 13.3. The second kappa shape index (κ2) is 5.07. The lowest BCUT2D eigenvalue weighted by molar-refractivity contribution is 0.305. The molecule has 0 amide bonds. The van der Waals surface area contributed by atoms with Crippen molar-refractivity contribution in [2.24, 2.45) is 5.41 Å². The third-order valence-electron chi connectivity index (χ3n) is 3.38. The van der Waals surface area contributed by atoms with Crippen LogP contribution in [0, 0.1) is 11.2 Å². The fourth-order valence-corrected chi connectivity index (χ4v) is 3.69. The van der Waals surface area contributed by atoms with Crippen molar-refractivity contribution < 1.29 is 4.39 Å². The van der Waals surface area contributed by atoms with Gasteiger partial charge in [0, 0.05) is 17.5 Å². The van der Waals surface area contributed by atoms with Crippen LogP contribution in [0.15, 0.2) is 18.2 Å². The van der Waals surface area contributed by atoms with Crippen molar-refractivity contribution in [1.82, 2.24) is 0 Å². The molecule has 1 fully saturated rings. The summed E-state index contributed by atoms with van der Waals surface area (Å²) >= 11 is 7.62. The van der Waals surface area contributed by atoms with Crippen molar-refractivity contribution in [3.05, 3.63) is 29.0 Å². The average molecular weight is 274 g/mol. The zero-order valence-corrected chi connectivity index (χ0v) is 11.7. The fourth-order valence-electron chi connectivity index (χ4n) is 1.96. The molecule has 1 unspecified atom stereocenters. The highest BCUT2D eigenvalue weighted by Crippen LogP contribution is 2.36. The molecule has 1 aromatic carbocycles. The lowest BCUT2D eigenvalue weighted by Crippen LogP contribution is -2.41. The van der Waals surface area contributed by atoms with Gasteiger partial charge in [-0.05, 0) is 35.8 Å². The van der Waals surface area contributed by atoms with E-state index in [0.717, 1.165) is 11.4 Å². The minimum atomic E-state index is -0.363. The highest BCUT2D eigenvalue weighted by molar-refractivity contribution is 7.99. The Labute approximate surface area is 111 Å². The van der Waals surface area contributed by atoms with Gasteiger partial charge >= 0.3 is 0 Å². The fraction of sp³-hybridized carbons (Fsp3) is 0.538. The smallest absolute Gasteiger partial charge is 0.143 e. The molecule has 1 N–H and O–H groups in total. The predicted molar refractivity (Wildman–Crippen MR) is 74.5 cm³/mol. The molecule has 0 spiro atoms. The molecule has 0 saturated carbocycles. The van der Waals surface area contributed by atoms with Gasteiger partial charge in [-0.2, -0.15) is 11.8 Å². The van der Waals surface area contributed by atoms with Gasteiger partial charge in [0.25, 0.3) is 0 Å². The lowest BCUT2D eigenvalue weighted by Gasteiger charge is -2.39. The van der Waals surface area contributed by atoms with Crippen molar-refractivity contribution in [2.75, 3.05) is 16.8 Å². The summed E-state index contributed by atoms with van der Waals surface area (Å²) < 4.78 is 13.3. The molecule has 1 nitrogen and oxygen atoms in total. The number of hydrogen-bond donors (Lipinski definition) is 1. The summed E-state index contributed by atoms with van der Waals surface area (Å²) in [5.74, 6) is 1.91. The molecule has 1 aliphatic heterocycles. The minimum Gasteiger partial charge on any atom is -0.381 e. The second-order valence-electron chi connectivity index (χ2n) is 5.14. The van der Waals surface area contributed by atoms with Gasteiger partial charge in [0.1, 0.15) is 5.82 Å². The highest BCUT2D eigenvalue weighted by Gasteiger charge is 2.32. The van der Waals surface area contributed by atoms with Crippen molar-refractivity contribution in [2.45, 2.75) is 26.3 Å². The molecule has 1 heterocycles. The minimum absolute atomic E-state index is 0.174. The first-order valence-corrected chi connectivity index (χ1v) is 7.32. The Balaban J connectivity index is 2.11.